The van der Waals surface area contributed by atoms with Gasteiger partial charge < -0.3 is 20.1 Å². The molecular formula is C12H28O5. The second-order valence-electron chi connectivity index (χ2n) is 3.32. The van der Waals surface area contributed by atoms with Crippen molar-refractivity contribution in [2.45, 2.75) is 46.5 Å². The van der Waals surface area contributed by atoms with Crippen LogP contribution in [0.4, 0.5) is 0 Å². The number of carbonyl (C=O) groups excluding carboxylic acids is 1. The van der Waals surface area contributed by atoms with Crippen molar-refractivity contribution in [1.82, 2.24) is 0 Å². The van der Waals surface area contributed by atoms with E-state index < -0.39 is 0 Å². The number of unbranched alkanes of at least 4 members (excludes halogenated alkanes) is 1. The van der Waals surface area contributed by atoms with E-state index in [1.54, 1.807) is 6.92 Å². The van der Waals surface area contributed by atoms with E-state index in [2.05, 4.69) is 11.7 Å². The Hall–Kier alpha value is -0.650. The first-order chi connectivity index (χ1) is 7.68. The fourth-order valence-electron chi connectivity index (χ4n) is 0.872. The van der Waals surface area contributed by atoms with Crippen LogP contribution in [-0.2, 0) is 14.3 Å². The smallest absolute Gasteiger partial charge is 0.302 e. The number of aliphatic hydroxyl groups is 1. The standard InChI is InChI=1S/C4H8O2.C4H8O.C4H10O.H2O/c1-3-6-4(2)5;1-2-4-5-3-1;1-2-3-4-5;/h3H2,1-2H3;1-4H2;5H,2-4H2,1H3;1H2. The Labute approximate surface area is 104 Å². The highest BCUT2D eigenvalue weighted by Crippen LogP contribution is 1.98. The molecule has 17 heavy (non-hydrogen) atoms. The van der Waals surface area contributed by atoms with Crippen molar-refractivity contribution in [1.29, 1.82) is 0 Å². The van der Waals surface area contributed by atoms with E-state index in [-0.39, 0.29) is 11.4 Å². The van der Waals surface area contributed by atoms with Gasteiger partial charge in [0.25, 0.3) is 0 Å². The first kappa shape index (κ1) is 21.6. The van der Waals surface area contributed by atoms with E-state index in [1.165, 1.54) is 19.8 Å². The predicted octanol–water partition coefficient (Wildman–Crippen LogP) is 1.32. The van der Waals surface area contributed by atoms with Crippen LogP contribution in [0.15, 0.2) is 0 Å². The van der Waals surface area contributed by atoms with Crippen molar-refractivity contribution >= 4 is 5.97 Å². The molecule has 1 heterocycles. The summed E-state index contributed by atoms with van der Waals surface area (Å²) in [4.78, 5) is 9.82. The molecule has 0 atom stereocenters. The van der Waals surface area contributed by atoms with E-state index in [0.717, 1.165) is 26.1 Å². The van der Waals surface area contributed by atoms with E-state index in [9.17, 15) is 4.79 Å². The molecule has 0 bridgehead atoms. The Morgan fingerprint density at radius 3 is 1.88 bits per heavy atom. The van der Waals surface area contributed by atoms with Gasteiger partial charge in [-0.2, -0.15) is 0 Å². The Kier molecular flexibility index (Phi) is 26.4. The van der Waals surface area contributed by atoms with Gasteiger partial charge in [0.05, 0.1) is 6.61 Å². The second kappa shape index (κ2) is 20.7. The molecule has 0 saturated carbocycles. The van der Waals surface area contributed by atoms with Gasteiger partial charge in [0, 0.05) is 26.7 Å². The number of aliphatic hydroxyl groups excluding tert-OH is 1. The lowest BCUT2D eigenvalue weighted by molar-refractivity contribution is -0.140. The number of ether oxygens (including phenoxy) is 2. The van der Waals surface area contributed by atoms with Crippen molar-refractivity contribution in [2.24, 2.45) is 0 Å². The number of hydrogen-bond donors (Lipinski definition) is 1. The van der Waals surface area contributed by atoms with E-state index in [0.29, 0.717) is 13.2 Å². The summed E-state index contributed by atoms with van der Waals surface area (Å²) in [5.74, 6) is -0.211. The van der Waals surface area contributed by atoms with Crippen molar-refractivity contribution in [3.8, 4) is 0 Å². The SMILES string of the molecule is C1CCOC1.CCCCO.CCOC(C)=O.O. The zero-order valence-corrected chi connectivity index (χ0v) is 11.3. The topological polar surface area (TPSA) is 87.3 Å². The summed E-state index contributed by atoms with van der Waals surface area (Å²) >= 11 is 0. The number of esters is 1. The highest BCUT2D eigenvalue weighted by molar-refractivity contribution is 5.65. The summed E-state index contributed by atoms with van der Waals surface area (Å²) in [6.07, 6.45) is 4.59. The summed E-state index contributed by atoms with van der Waals surface area (Å²) in [5.41, 5.74) is 0. The highest BCUT2D eigenvalue weighted by Gasteiger charge is 1.94. The molecule has 0 amide bonds. The molecule has 0 aromatic carbocycles. The molecule has 1 saturated heterocycles. The van der Waals surface area contributed by atoms with E-state index >= 15 is 0 Å². The normalized spacial score (nSPS) is 12.2. The van der Waals surface area contributed by atoms with Gasteiger partial charge in [-0.3, -0.25) is 4.79 Å². The summed E-state index contributed by atoms with van der Waals surface area (Å²) in [7, 11) is 0. The maximum atomic E-state index is 9.82. The van der Waals surface area contributed by atoms with Gasteiger partial charge >= 0.3 is 5.97 Å². The van der Waals surface area contributed by atoms with Crippen molar-refractivity contribution < 1.29 is 24.9 Å². The number of carbonyl (C=O) groups is 1. The molecule has 1 fully saturated rings. The fraction of sp³-hybridized carbons (Fsp3) is 0.917. The van der Waals surface area contributed by atoms with Gasteiger partial charge in [0.15, 0.2) is 0 Å². The summed E-state index contributed by atoms with van der Waals surface area (Å²) in [6, 6.07) is 0. The van der Waals surface area contributed by atoms with E-state index in [1.807, 2.05) is 0 Å². The van der Waals surface area contributed by atoms with Gasteiger partial charge in [-0.1, -0.05) is 13.3 Å². The molecule has 5 nitrogen and oxygen atoms in total. The molecule has 5 heteroatoms. The minimum absolute atomic E-state index is 0. The van der Waals surface area contributed by atoms with Gasteiger partial charge in [0.1, 0.15) is 0 Å². The summed E-state index contributed by atoms with van der Waals surface area (Å²) in [6.45, 7) is 8.05. The van der Waals surface area contributed by atoms with Crippen LogP contribution in [-0.4, -0.2) is 43.0 Å². The van der Waals surface area contributed by atoms with Gasteiger partial charge in [0.2, 0.25) is 0 Å². The second-order valence-corrected chi connectivity index (χ2v) is 3.32. The van der Waals surface area contributed by atoms with Crippen LogP contribution in [0.3, 0.4) is 0 Å². The Morgan fingerprint density at radius 1 is 1.29 bits per heavy atom. The molecule has 0 aromatic rings. The average molecular weight is 252 g/mol. The Balaban J connectivity index is -0.000000169. The molecule has 0 unspecified atom stereocenters. The van der Waals surface area contributed by atoms with Crippen LogP contribution >= 0.6 is 0 Å². The molecule has 0 radical (unpaired) electrons. The molecule has 0 spiro atoms. The van der Waals surface area contributed by atoms with Gasteiger partial charge in [-0.15, -0.1) is 0 Å². The molecule has 1 aliphatic rings. The Morgan fingerprint density at radius 2 is 1.82 bits per heavy atom. The third kappa shape index (κ3) is 31.3. The fourth-order valence-corrected chi connectivity index (χ4v) is 0.872. The Bertz CT molecular complexity index is 125. The van der Waals surface area contributed by atoms with Gasteiger partial charge in [-0.25, -0.2) is 0 Å². The first-order valence-corrected chi connectivity index (χ1v) is 6.00. The van der Waals surface area contributed by atoms with Crippen molar-refractivity contribution in [3.05, 3.63) is 0 Å². The van der Waals surface area contributed by atoms with Crippen LogP contribution in [0.2, 0.25) is 0 Å². The number of hydrogen-bond acceptors (Lipinski definition) is 4. The molecule has 1 rings (SSSR count). The summed E-state index contributed by atoms with van der Waals surface area (Å²) in [5, 5.41) is 8.07. The lowest BCUT2D eigenvalue weighted by atomic mass is 10.4. The van der Waals surface area contributed by atoms with E-state index in [4.69, 9.17) is 9.84 Å². The zero-order valence-electron chi connectivity index (χ0n) is 11.3. The monoisotopic (exact) mass is 252 g/mol. The maximum Gasteiger partial charge on any atom is 0.302 e. The van der Waals surface area contributed by atoms with Crippen LogP contribution < -0.4 is 0 Å². The maximum absolute atomic E-state index is 9.82. The molecule has 0 aliphatic carbocycles. The first-order valence-electron chi connectivity index (χ1n) is 6.00. The lowest BCUT2D eigenvalue weighted by Crippen LogP contribution is -1.95. The quantitative estimate of drug-likeness (QED) is 0.767. The van der Waals surface area contributed by atoms with Crippen LogP contribution in [0.25, 0.3) is 0 Å². The molecule has 0 aromatic heterocycles. The van der Waals surface area contributed by atoms with Crippen molar-refractivity contribution in [3.63, 3.8) is 0 Å². The third-order valence-electron chi connectivity index (χ3n) is 1.69. The molecular weight excluding hydrogens is 224 g/mol. The molecule has 3 N–H and O–H groups in total. The van der Waals surface area contributed by atoms with Gasteiger partial charge in [-0.05, 0) is 26.2 Å². The highest BCUT2D eigenvalue weighted by atomic mass is 16.5. The predicted molar refractivity (Wildman–Crippen MR) is 68.0 cm³/mol. The van der Waals surface area contributed by atoms with Crippen LogP contribution in [0.5, 0.6) is 0 Å². The average Bonchev–Trinajstić information content (AvgIpc) is 2.77. The third-order valence-corrected chi connectivity index (χ3v) is 1.69. The summed E-state index contributed by atoms with van der Waals surface area (Å²) < 4.78 is 9.35. The zero-order chi connectivity index (χ0) is 12.6. The minimum atomic E-state index is -0.211. The van der Waals surface area contributed by atoms with Crippen molar-refractivity contribution in [2.75, 3.05) is 26.4 Å². The van der Waals surface area contributed by atoms with Crippen LogP contribution in [0, 0.1) is 0 Å². The minimum Gasteiger partial charge on any atom is -0.466 e. The molecule has 1 aliphatic heterocycles. The largest absolute Gasteiger partial charge is 0.466 e. The molecule has 106 valence electrons. The lowest BCUT2D eigenvalue weighted by Gasteiger charge is -1.89. The number of rotatable bonds is 3. The van der Waals surface area contributed by atoms with Crippen LogP contribution in [0.1, 0.15) is 46.5 Å².